The molecule has 4 rings (SSSR count). The van der Waals surface area contributed by atoms with Crippen molar-refractivity contribution in [3.63, 3.8) is 0 Å². The van der Waals surface area contributed by atoms with E-state index in [1.807, 2.05) is 0 Å². The molecule has 0 saturated heterocycles. The Balaban J connectivity index is 1.52. The Labute approximate surface area is 178 Å². The zero-order chi connectivity index (χ0) is 22.0. The minimum atomic E-state index is -1.30. The summed E-state index contributed by atoms with van der Waals surface area (Å²) in [5.41, 5.74) is 0.205. The highest BCUT2D eigenvalue weighted by molar-refractivity contribution is 5.98. The van der Waals surface area contributed by atoms with Crippen LogP contribution in [0.3, 0.4) is 0 Å². The first kappa shape index (κ1) is 20.7. The van der Waals surface area contributed by atoms with Gasteiger partial charge in [-0.05, 0) is 37.3 Å². The number of hydrogen-bond acceptors (Lipinski definition) is 7. The summed E-state index contributed by atoms with van der Waals surface area (Å²) in [7, 11) is 1.59. The van der Waals surface area contributed by atoms with Gasteiger partial charge >= 0.3 is 0 Å². The number of halogens is 1. The van der Waals surface area contributed by atoms with Crippen LogP contribution in [0.5, 0.6) is 17.2 Å². The third kappa shape index (κ3) is 4.32. The maximum atomic E-state index is 13.9. The first-order valence-electron chi connectivity index (χ1n) is 9.65. The number of amides is 1. The number of ether oxygens (including phenoxy) is 2. The molecule has 1 amide bonds. The van der Waals surface area contributed by atoms with E-state index in [1.54, 1.807) is 50.5 Å². The van der Waals surface area contributed by atoms with Gasteiger partial charge in [-0.25, -0.2) is 9.37 Å². The third-order valence-electron chi connectivity index (χ3n) is 4.88. The number of likely N-dealkylation sites (N-methyl/N-ethyl adjacent to an activating group) is 1. The highest BCUT2D eigenvalue weighted by atomic mass is 19.1. The largest absolute Gasteiger partial charge is 0.485 e. The topological polar surface area (TPSA) is 96.8 Å². The molecule has 1 aromatic carbocycles. The smallest absolute Gasteiger partial charge is 0.249 e. The molecule has 2 aromatic heterocycles. The molecule has 3 aromatic rings. The summed E-state index contributed by atoms with van der Waals surface area (Å²) < 4.78 is 25.3. The monoisotopic (exact) mass is 424 g/mol. The van der Waals surface area contributed by atoms with Crippen molar-refractivity contribution in [2.24, 2.45) is 0 Å². The molecule has 3 atom stereocenters. The summed E-state index contributed by atoms with van der Waals surface area (Å²) in [5.74, 6) is 0.393. The molecule has 9 heteroatoms. The van der Waals surface area contributed by atoms with E-state index in [2.05, 4.69) is 15.3 Å². The van der Waals surface area contributed by atoms with E-state index in [0.29, 0.717) is 17.3 Å². The second-order valence-electron chi connectivity index (χ2n) is 7.04. The average Bonchev–Trinajstić information content (AvgIpc) is 2.86. The lowest BCUT2D eigenvalue weighted by Gasteiger charge is -2.26. The molecule has 0 fully saturated rings. The quantitative estimate of drug-likeness (QED) is 0.608. The number of anilines is 1. The standard InChI is InChI=1S/C22H21FN4O4/c1-13-19(22(29)27(2)20-18(30-13)8-5-10-25-20)26-21(28)16-12-14(9-11-24-16)31-17-7-4-3-6-15(17)23/h3-13,19,21,26,28H,1-2H3/t13-,19+,21?/m1/s1. The summed E-state index contributed by atoms with van der Waals surface area (Å²) in [6.45, 7) is 1.73. The zero-order valence-corrected chi connectivity index (χ0v) is 16.9. The number of nitrogens with zero attached hydrogens (tertiary/aromatic N) is 3. The number of hydrogen-bond donors (Lipinski definition) is 2. The molecule has 0 saturated carbocycles. The fraction of sp³-hybridized carbons (Fsp3) is 0.227. The number of nitrogens with one attached hydrogen (secondary N) is 1. The molecule has 160 valence electrons. The molecular weight excluding hydrogens is 403 g/mol. The number of carbonyl (C=O) groups is 1. The Bertz CT molecular complexity index is 1100. The fourth-order valence-electron chi connectivity index (χ4n) is 3.27. The van der Waals surface area contributed by atoms with Gasteiger partial charge in [-0.15, -0.1) is 0 Å². The van der Waals surface area contributed by atoms with Gasteiger partial charge < -0.3 is 14.6 Å². The number of carbonyl (C=O) groups excluding carboxylic acids is 1. The van der Waals surface area contributed by atoms with E-state index < -0.39 is 24.2 Å². The Morgan fingerprint density at radius 3 is 2.81 bits per heavy atom. The van der Waals surface area contributed by atoms with Crippen molar-refractivity contribution in [3.05, 3.63) is 72.4 Å². The summed E-state index contributed by atoms with van der Waals surface area (Å²) >= 11 is 0. The van der Waals surface area contributed by atoms with Gasteiger partial charge in [0.1, 0.15) is 24.1 Å². The van der Waals surface area contributed by atoms with Crippen LogP contribution in [0.4, 0.5) is 10.2 Å². The van der Waals surface area contributed by atoms with Gasteiger partial charge in [0, 0.05) is 25.5 Å². The predicted octanol–water partition coefficient (Wildman–Crippen LogP) is 2.80. The zero-order valence-electron chi connectivity index (χ0n) is 16.9. The Morgan fingerprint density at radius 2 is 2.00 bits per heavy atom. The lowest BCUT2D eigenvalue weighted by atomic mass is 10.1. The van der Waals surface area contributed by atoms with Crippen molar-refractivity contribution in [2.75, 3.05) is 11.9 Å². The number of fused-ring (bicyclic) bond motifs is 1. The van der Waals surface area contributed by atoms with E-state index in [4.69, 9.17) is 9.47 Å². The lowest BCUT2D eigenvalue weighted by Crippen LogP contribution is -2.52. The lowest BCUT2D eigenvalue weighted by molar-refractivity contribution is -0.123. The molecule has 0 aliphatic carbocycles. The van der Waals surface area contributed by atoms with Gasteiger partial charge in [0.25, 0.3) is 0 Å². The average molecular weight is 424 g/mol. The molecule has 2 N–H and O–H groups in total. The maximum absolute atomic E-state index is 13.9. The fourth-order valence-corrected chi connectivity index (χ4v) is 3.27. The second kappa shape index (κ2) is 8.66. The minimum absolute atomic E-state index is 0.0509. The number of aliphatic hydroxyl groups excluding tert-OH is 1. The van der Waals surface area contributed by atoms with Gasteiger partial charge in [-0.1, -0.05) is 12.1 Å². The summed E-state index contributed by atoms with van der Waals surface area (Å²) in [6, 6.07) is 11.6. The van der Waals surface area contributed by atoms with Crippen LogP contribution in [0.15, 0.2) is 60.9 Å². The van der Waals surface area contributed by atoms with E-state index in [1.165, 1.54) is 29.3 Å². The minimum Gasteiger partial charge on any atom is -0.485 e. The van der Waals surface area contributed by atoms with Crippen LogP contribution in [0, 0.1) is 5.82 Å². The number of aliphatic hydroxyl groups is 1. The molecule has 31 heavy (non-hydrogen) atoms. The molecular formula is C22H21FN4O4. The van der Waals surface area contributed by atoms with Crippen LogP contribution in [-0.2, 0) is 4.79 Å². The number of rotatable bonds is 5. The molecule has 0 bridgehead atoms. The normalized spacial score (nSPS) is 19.2. The van der Waals surface area contributed by atoms with Gasteiger partial charge in [-0.3, -0.25) is 20.0 Å². The van der Waals surface area contributed by atoms with Gasteiger partial charge in [0.2, 0.25) is 5.91 Å². The van der Waals surface area contributed by atoms with Crippen molar-refractivity contribution >= 4 is 11.7 Å². The highest BCUT2D eigenvalue weighted by Crippen LogP contribution is 2.30. The number of pyridine rings is 2. The summed E-state index contributed by atoms with van der Waals surface area (Å²) in [6.07, 6.45) is 1.11. The molecule has 1 unspecified atom stereocenters. The van der Waals surface area contributed by atoms with E-state index in [-0.39, 0.29) is 17.4 Å². The summed E-state index contributed by atoms with van der Waals surface area (Å²) in [5, 5.41) is 13.6. The van der Waals surface area contributed by atoms with Crippen LogP contribution in [0.2, 0.25) is 0 Å². The van der Waals surface area contributed by atoms with Gasteiger partial charge in [-0.2, -0.15) is 0 Å². The third-order valence-corrected chi connectivity index (χ3v) is 4.88. The van der Waals surface area contributed by atoms with Gasteiger partial charge in [0.05, 0.1) is 5.69 Å². The number of benzene rings is 1. The van der Waals surface area contributed by atoms with Crippen molar-refractivity contribution < 1.29 is 23.8 Å². The first-order chi connectivity index (χ1) is 14.9. The summed E-state index contributed by atoms with van der Waals surface area (Å²) in [4.78, 5) is 22.7. The van der Waals surface area contributed by atoms with Crippen LogP contribution in [0.25, 0.3) is 0 Å². The number of para-hydroxylation sites is 1. The highest BCUT2D eigenvalue weighted by Gasteiger charge is 2.36. The van der Waals surface area contributed by atoms with E-state index in [0.717, 1.165) is 0 Å². The second-order valence-corrected chi connectivity index (χ2v) is 7.04. The van der Waals surface area contributed by atoms with Crippen molar-refractivity contribution in [3.8, 4) is 17.2 Å². The van der Waals surface area contributed by atoms with Crippen LogP contribution in [0.1, 0.15) is 18.8 Å². The first-order valence-corrected chi connectivity index (χ1v) is 9.65. The molecule has 3 heterocycles. The van der Waals surface area contributed by atoms with E-state index in [9.17, 15) is 14.3 Å². The van der Waals surface area contributed by atoms with Crippen molar-refractivity contribution in [1.29, 1.82) is 0 Å². The molecule has 8 nitrogen and oxygen atoms in total. The Kier molecular flexibility index (Phi) is 5.79. The van der Waals surface area contributed by atoms with Crippen LogP contribution < -0.4 is 19.7 Å². The van der Waals surface area contributed by atoms with Gasteiger partial charge in [0.15, 0.2) is 23.1 Å². The van der Waals surface area contributed by atoms with Crippen molar-refractivity contribution in [1.82, 2.24) is 15.3 Å². The van der Waals surface area contributed by atoms with E-state index >= 15 is 0 Å². The van der Waals surface area contributed by atoms with Crippen LogP contribution in [-0.4, -0.2) is 40.2 Å². The molecule has 0 spiro atoms. The Hall–Kier alpha value is -3.56. The SMILES string of the molecule is C[C@H]1Oc2cccnc2N(C)C(=O)[C@H]1NC(O)c1cc(Oc2ccccc2F)ccn1. The molecule has 1 aliphatic rings. The maximum Gasteiger partial charge on any atom is 0.249 e. The predicted molar refractivity (Wildman–Crippen MR) is 110 cm³/mol. The van der Waals surface area contributed by atoms with Crippen molar-refractivity contribution in [2.45, 2.75) is 25.3 Å². The van der Waals surface area contributed by atoms with Crippen LogP contribution >= 0.6 is 0 Å². The molecule has 0 radical (unpaired) electrons. The number of aromatic nitrogens is 2. The molecule has 1 aliphatic heterocycles. The Morgan fingerprint density at radius 1 is 1.19 bits per heavy atom.